The molecule has 4 aromatic rings. The summed E-state index contributed by atoms with van der Waals surface area (Å²) in [5.41, 5.74) is 8.73. The summed E-state index contributed by atoms with van der Waals surface area (Å²) in [4.78, 5) is 4.04. The van der Waals surface area contributed by atoms with Gasteiger partial charge in [-0.1, -0.05) is 18.2 Å². The summed E-state index contributed by atoms with van der Waals surface area (Å²) in [6, 6.07) is 13.1. The molecule has 0 bridgehead atoms. The molecule has 2 aromatic carbocycles. The Hall–Kier alpha value is -3.45. The van der Waals surface area contributed by atoms with Gasteiger partial charge in [-0.15, -0.1) is 0 Å². The minimum atomic E-state index is 0.300. The van der Waals surface area contributed by atoms with Gasteiger partial charge in [0.15, 0.2) is 0 Å². The first-order valence-corrected chi connectivity index (χ1v) is 11.5. The van der Waals surface area contributed by atoms with Crippen LogP contribution in [0, 0.1) is 13.8 Å². The van der Waals surface area contributed by atoms with Crippen LogP contribution < -0.4 is 10.1 Å². The molecule has 1 atom stereocenters. The van der Waals surface area contributed by atoms with Crippen LogP contribution in [-0.4, -0.2) is 31.7 Å². The van der Waals surface area contributed by atoms with E-state index in [2.05, 4.69) is 70.5 Å². The van der Waals surface area contributed by atoms with Crippen molar-refractivity contribution >= 4 is 0 Å². The monoisotopic (exact) mass is 442 g/mol. The zero-order chi connectivity index (χ0) is 22.8. The third-order valence-electron chi connectivity index (χ3n) is 6.68. The third-order valence-corrected chi connectivity index (χ3v) is 6.68. The Morgan fingerprint density at radius 3 is 2.88 bits per heavy atom. The van der Waals surface area contributed by atoms with Gasteiger partial charge in [-0.3, -0.25) is 0 Å². The Morgan fingerprint density at radius 1 is 1.15 bits per heavy atom. The molecule has 0 saturated heterocycles. The number of hydrogen-bond acceptors (Lipinski definition) is 5. The van der Waals surface area contributed by atoms with Crippen molar-refractivity contribution in [2.75, 3.05) is 7.11 Å². The second kappa shape index (κ2) is 9.19. The standard InChI is InChI=1S/C26H30N6O/c1-18-6-4-8-24(19(18)2)32-25-9-5-7-23(22(25)14-29-32)28-13-20-10-11-26(33-3)21(12-20)15-31-17-27-16-30-31/h4,6,8,10-12,14,16-17,23,28H,5,7,9,13,15H2,1-3H3. The fourth-order valence-electron chi connectivity index (χ4n) is 4.74. The normalized spacial score (nSPS) is 15.4. The lowest BCUT2D eigenvalue weighted by Crippen LogP contribution is -2.25. The van der Waals surface area contributed by atoms with Crippen molar-refractivity contribution in [1.82, 2.24) is 29.9 Å². The maximum absolute atomic E-state index is 5.56. The lowest BCUT2D eigenvalue weighted by atomic mass is 9.92. The van der Waals surface area contributed by atoms with E-state index in [1.165, 1.54) is 33.6 Å². The summed E-state index contributed by atoms with van der Waals surface area (Å²) in [6.45, 7) is 5.75. The molecule has 5 rings (SSSR count). The summed E-state index contributed by atoms with van der Waals surface area (Å²) in [5, 5.41) is 12.8. The zero-order valence-corrected chi connectivity index (χ0v) is 19.5. The number of nitrogens with one attached hydrogen (secondary N) is 1. The Labute approximate surface area is 194 Å². The van der Waals surface area contributed by atoms with Gasteiger partial charge >= 0.3 is 0 Å². The van der Waals surface area contributed by atoms with Crippen LogP contribution in [0.15, 0.2) is 55.2 Å². The van der Waals surface area contributed by atoms with Crippen LogP contribution >= 0.6 is 0 Å². The topological polar surface area (TPSA) is 69.8 Å². The molecule has 0 radical (unpaired) electrons. The molecule has 1 aliphatic carbocycles. The molecule has 1 unspecified atom stereocenters. The summed E-state index contributed by atoms with van der Waals surface area (Å²) >= 11 is 0. The van der Waals surface area contributed by atoms with E-state index in [-0.39, 0.29) is 0 Å². The van der Waals surface area contributed by atoms with Crippen molar-refractivity contribution in [2.45, 2.75) is 52.2 Å². The molecule has 33 heavy (non-hydrogen) atoms. The van der Waals surface area contributed by atoms with E-state index in [4.69, 9.17) is 9.84 Å². The molecule has 0 spiro atoms. The van der Waals surface area contributed by atoms with E-state index in [1.807, 2.05) is 10.7 Å². The molecular weight excluding hydrogens is 412 g/mol. The highest BCUT2D eigenvalue weighted by Gasteiger charge is 2.25. The summed E-state index contributed by atoms with van der Waals surface area (Å²) < 4.78 is 9.52. The van der Waals surface area contributed by atoms with E-state index < -0.39 is 0 Å². The van der Waals surface area contributed by atoms with Crippen LogP contribution in [0.2, 0.25) is 0 Å². The van der Waals surface area contributed by atoms with Crippen molar-refractivity contribution in [3.63, 3.8) is 0 Å². The molecule has 2 heterocycles. The minimum Gasteiger partial charge on any atom is -0.496 e. The van der Waals surface area contributed by atoms with Gasteiger partial charge in [0, 0.05) is 29.4 Å². The second-order valence-electron chi connectivity index (χ2n) is 8.74. The van der Waals surface area contributed by atoms with E-state index in [9.17, 15) is 0 Å². The number of nitrogens with zero attached hydrogens (tertiary/aromatic N) is 5. The number of hydrogen-bond donors (Lipinski definition) is 1. The molecule has 0 amide bonds. The van der Waals surface area contributed by atoms with Gasteiger partial charge in [-0.2, -0.15) is 10.2 Å². The maximum atomic E-state index is 5.56. The van der Waals surface area contributed by atoms with Crippen LogP contribution in [0.3, 0.4) is 0 Å². The Kier molecular flexibility index (Phi) is 5.96. The molecular formula is C26H30N6O. The van der Waals surface area contributed by atoms with Crippen molar-refractivity contribution in [3.05, 3.63) is 88.8 Å². The molecule has 0 aliphatic heterocycles. The molecule has 2 aromatic heterocycles. The van der Waals surface area contributed by atoms with E-state index in [0.29, 0.717) is 12.6 Å². The fraction of sp³-hybridized carbons (Fsp3) is 0.346. The van der Waals surface area contributed by atoms with Crippen molar-refractivity contribution in [2.24, 2.45) is 0 Å². The number of aryl methyl sites for hydroxylation is 1. The lowest BCUT2D eigenvalue weighted by Gasteiger charge is -2.25. The molecule has 7 nitrogen and oxygen atoms in total. The number of methoxy groups -OCH3 is 1. The molecule has 0 fully saturated rings. The average molecular weight is 443 g/mol. The number of aromatic nitrogens is 5. The smallest absolute Gasteiger partial charge is 0.137 e. The van der Waals surface area contributed by atoms with E-state index in [1.54, 1.807) is 19.8 Å². The van der Waals surface area contributed by atoms with Crippen LogP contribution in [0.1, 0.15) is 52.4 Å². The van der Waals surface area contributed by atoms with E-state index in [0.717, 1.165) is 37.1 Å². The van der Waals surface area contributed by atoms with Crippen molar-refractivity contribution < 1.29 is 4.74 Å². The quantitative estimate of drug-likeness (QED) is 0.462. The van der Waals surface area contributed by atoms with Crippen molar-refractivity contribution in [1.29, 1.82) is 0 Å². The highest BCUT2D eigenvalue weighted by molar-refractivity contribution is 5.46. The zero-order valence-electron chi connectivity index (χ0n) is 19.5. The highest BCUT2D eigenvalue weighted by atomic mass is 16.5. The van der Waals surface area contributed by atoms with Gasteiger partial charge in [0.25, 0.3) is 0 Å². The second-order valence-corrected chi connectivity index (χ2v) is 8.74. The first-order valence-electron chi connectivity index (χ1n) is 11.5. The van der Waals surface area contributed by atoms with Gasteiger partial charge in [-0.05, 0) is 68.0 Å². The Morgan fingerprint density at radius 2 is 2.06 bits per heavy atom. The lowest BCUT2D eigenvalue weighted by molar-refractivity contribution is 0.406. The SMILES string of the molecule is COc1ccc(CNC2CCCc3c2cnn3-c2cccc(C)c2C)cc1Cn1cncn1. The van der Waals surface area contributed by atoms with Crippen LogP contribution in [0.25, 0.3) is 5.69 Å². The summed E-state index contributed by atoms with van der Waals surface area (Å²) in [7, 11) is 1.70. The Bertz CT molecular complexity index is 1240. The molecule has 1 aliphatic rings. The van der Waals surface area contributed by atoms with Gasteiger partial charge < -0.3 is 10.1 Å². The molecule has 0 saturated carbocycles. The van der Waals surface area contributed by atoms with Gasteiger partial charge in [0.1, 0.15) is 18.4 Å². The summed E-state index contributed by atoms with van der Waals surface area (Å²) in [5.74, 6) is 0.865. The largest absolute Gasteiger partial charge is 0.496 e. The number of fused-ring (bicyclic) bond motifs is 1. The van der Waals surface area contributed by atoms with Gasteiger partial charge in [0.2, 0.25) is 0 Å². The number of rotatable bonds is 7. The van der Waals surface area contributed by atoms with Gasteiger partial charge in [-0.25, -0.2) is 14.3 Å². The molecule has 1 N–H and O–H groups in total. The van der Waals surface area contributed by atoms with Crippen LogP contribution in [0.5, 0.6) is 5.75 Å². The highest BCUT2D eigenvalue weighted by Crippen LogP contribution is 2.32. The fourth-order valence-corrected chi connectivity index (χ4v) is 4.74. The number of ether oxygens (including phenoxy) is 1. The summed E-state index contributed by atoms with van der Waals surface area (Å²) in [6.07, 6.45) is 8.66. The Balaban J connectivity index is 1.35. The number of benzene rings is 2. The molecule has 7 heteroatoms. The third kappa shape index (κ3) is 4.28. The van der Waals surface area contributed by atoms with Crippen LogP contribution in [-0.2, 0) is 19.5 Å². The minimum absolute atomic E-state index is 0.300. The average Bonchev–Trinajstić information content (AvgIpc) is 3.50. The van der Waals surface area contributed by atoms with E-state index >= 15 is 0 Å². The predicted octanol–water partition coefficient (Wildman–Crippen LogP) is 4.30. The first kappa shape index (κ1) is 21.4. The molecule has 170 valence electrons. The van der Waals surface area contributed by atoms with Crippen molar-refractivity contribution in [3.8, 4) is 11.4 Å². The predicted molar refractivity (Wildman–Crippen MR) is 128 cm³/mol. The first-order chi connectivity index (χ1) is 16.1. The van der Waals surface area contributed by atoms with Gasteiger partial charge in [0.05, 0.1) is 25.5 Å². The van der Waals surface area contributed by atoms with Crippen LogP contribution in [0.4, 0.5) is 0 Å². The maximum Gasteiger partial charge on any atom is 0.137 e.